The highest BCUT2D eigenvalue weighted by Crippen LogP contribution is 2.29. The SMILES string of the molecule is CC1C(=O)N(C(CCO)C(=O)O)CCN1c1cccc(OC(F)(F)F)c1. The largest absolute Gasteiger partial charge is 0.573 e. The number of rotatable bonds is 6. The van der Waals surface area contributed by atoms with Gasteiger partial charge in [0.25, 0.3) is 0 Å². The summed E-state index contributed by atoms with van der Waals surface area (Å²) in [5.41, 5.74) is 0.362. The monoisotopic (exact) mass is 376 g/mol. The highest BCUT2D eigenvalue weighted by atomic mass is 19.4. The minimum atomic E-state index is -4.82. The number of halogens is 3. The van der Waals surface area contributed by atoms with Crippen molar-refractivity contribution in [3.63, 3.8) is 0 Å². The lowest BCUT2D eigenvalue weighted by molar-refractivity contribution is -0.274. The number of aliphatic carboxylic acids is 1. The highest BCUT2D eigenvalue weighted by molar-refractivity contribution is 5.90. The van der Waals surface area contributed by atoms with Crippen LogP contribution in [0.15, 0.2) is 24.3 Å². The van der Waals surface area contributed by atoms with Crippen molar-refractivity contribution >= 4 is 17.6 Å². The Labute approximate surface area is 147 Å². The van der Waals surface area contributed by atoms with Gasteiger partial charge in [0.1, 0.15) is 17.8 Å². The Balaban J connectivity index is 2.18. The van der Waals surface area contributed by atoms with Crippen molar-refractivity contribution < 1.29 is 37.7 Å². The van der Waals surface area contributed by atoms with E-state index in [0.717, 1.165) is 6.07 Å². The number of hydrogen-bond acceptors (Lipinski definition) is 5. The van der Waals surface area contributed by atoms with Gasteiger partial charge in [0, 0.05) is 37.9 Å². The Kier molecular flexibility index (Phi) is 5.96. The van der Waals surface area contributed by atoms with E-state index in [4.69, 9.17) is 5.11 Å². The zero-order valence-corrected chi connectivity index (χ0v) is 13.9. The van der Waals surface area contributed by atoms with Crippen LogP contribution in [0.2, 0.25) is 0 Å². The Hall–Kier alpha value is -2.49. The van der Waals surface area contributed by atoms with E-state index in [1.54, 1.807) is 17.9 Å². The average molecular weight is 376 g/mol. The fraction of sp³-hybridized carbons (Fsp3) is 0.500. The van der Waals surface area contributed by atoms with Crippen LogP contribution in [0.3, 0.4) is 0 Å². The third kappa shape index (κ3) is 4.57. The van der Waals surface area contributed by atoms with Crippen LogP contribution in [0.5, 0.6) is 5.75 Å². The maximum atomic E-state index is 12.6. The summed E-state index contributed by atoms with van der Waals surface area (Å²) in [7, 11) is 0. The predicted octanol–water partition coefficient (Wildman–Crippen LogP) is 1.46. The summed E-state index contributed by atoms with van der Waals surface area (Å²) in [6.07, 6.45) is -4.92. The third-order valence-corrected chi connectivity index (χ3v) is 4.14. The smallest absolute Gasteiger partial charge is 0.480 e. The van der Waals surface area contributed by atoms with Crippen molar-refractivity contribution in [1.29, 1.82) is 0 Å². The summed E-state index contributed by atoms with van der Waals surface area (Å²) < 4.78 is 41.0. The van der Waals surface area contributed by atoms with Crippen molar-refractivity contribution in [3.05, 3.63) is 24.3 Å². The topological polar surface area (TPSA) is 90.3 Å². The Morgan fingerprint density at radius 1 is 1.38 bits per heavy atom. The molecule has 1 aliphatic rings. The number of anilines is 1. The van der Waals surface area contributed by atoms with Gasteiger partial charge in [0.2, 0.25) is 5.91 Å². The lowest BCUT2D eigenvalue weighted by Gasteiger charge is -2.42. The van der Waals surface area contributed by atoms with Gasteiger partial charge in [-0.25, -0.2) is 4.79 Å². The van der Waals surface area contributed by atoms with Gasteiger partial charge in [-0.3, -0.25) is 4.79 Å². The minimum absolute atomic E-state index is 0.0739. The van der Waals surface area contributed by atoms with Crippen LogP contribution in [0.1, 0.15) is 13.3 Å². The summed E-state index contributed by atoms with van der Waals surface area (Å²) >= 11 is 0. The van der Waals surface area contributed by atoms with E-state index in [1.165, 1.54) is 17.0 Å². The molecule has 2 N–H and O–H groups in total. The molecule has 0 bridgehead atoms. The molecule has 0 spiro atoms. The quantitative estimate of drug-likeness (QED) is 0.781. The first kappa shape index (κ1) is 19.8. The van der Waals surface area contributed by atoms with E-state index in [0.29, 0.717) is 5.69 Å². The van der Waals surface area contributed by atoms with Gasteiger partial charge in [0.05, 0.1) is 0 Å². The maximum Gasteiger partial charge on any atom is 0.573 e. The van der Waals surface area contributed by atoms with Gasteiger partial charge < -0.3 is 24.7 Å². The Morgan fingerprint density at radius 3 is 2.65 bits per heavy atom. The molecule has 0 radical (unpaired) electrons. The molecular formula is C16H19F3N2O5. The number of carbonyl (C=O) groups is 2. The molecule has 144 valence electrons. The zero-order valence-electron chi connectivity index (χ0n) is 13.9. The van der Waals surface area contributed by atoms with Crippen molar-refractivity contribution in [2.24, 2.45) is 0 Å². The van der Waals surface area contributed by atoms with Crippen molar-refractivity contribution in [2.45, 2.75) is 31.8 Å². The van der Waals surface area contributed by atoms with E-state index in [2.05, 4.69) is 4.74 Å². The summed E-state index contributed by atoms with van der Waals surface area (Å²) in [5.74, 6) is -2.09. The number of carboxylic acid groups (broad SMARTS) is 1. The molecule has 2 unspecified atom stereocenters. The Bertz CT molecular complexity index is 668. The van der Waals surface area contributed by atoms with Gasteiger partial charge in [0.15, 0.2) is 0 Å². The van der Waals surface area contributed by atoms with Gasteiger partial charge in [-0.05, 0) is 19.1 Å². The number of piperazine rings is 1. The maximum absolute atomic E-state index is 12.6. The standard InChI is InChI=1S/C16H19F3N2O5/c1-10-14(23)21(13(5-8-22)15(24)25)7-6-20(10)11-3-2-4-12(9-11)26-16(17,18)19/h2-4,9-10,13,22H,5-8H2,1H3,(H,24,25). The molecule has 1 heterocycles. The van der Waals surface area contributed by atoms with Crippen LogP contribution >= 0.6 is 0 Å². The normalized spacial score (nSPS) is 19.4. The van der Waals surface area contributed by atoms with Crippen molar-refractivity contribution in [2.75, 3.05) is 24.6 Å². The molecule has 2 atom stereocenters. The number of carboxylic acids is 1. The first-order valence-electron chi connectivity index (χ1n) is 7.90. The molecule has 1 aromatic carbocycles. The number of aliphatic hydroxyl groups excluding tert-OH is 1. The second-order valence-electron chi connectivity index (χ2n) is 5.81. The number of nitrogens with zero attached hydrogens (tertiary/aromatic N) is 2. The van der Waals surface area contributed by atoms with Gasteiger partial charge in [-0.15, -0.1) is 13.2 Å². The predicted molar refractivity (Wildman–Crippen MR) is 84.8 cm³/mol. The zero-order chi connectivity index (χ0) is 19.5. The fourth-order valence-electron chi connectivity index (χ4n) is 2.95. The molecule has 7 nitrogen and oxygen atoms in total. The van der Waals surface area contributed by atoms with Gasteiger partial charge >= 0.3 is 12.3 Å². The number of carbonyl (C=O) groups excluding carboxylic acids is 1. The molecule has 2 rings (SSSR count). The summed E-state index contributed by atoms with van der Waals surface area (Å²) in [6.45, 7) is 1.47. The lowest BCUT2D eigenvalue weighted by atomic mass is 10.1. The van der Waals surface area contributed by atoms with E-state index in [1.807, 2.05) is 0 Å². The first-order valence-corrected chi connectivity index (χ1v) is 7.90. The fourth-order valence-corrected chi connectivity index (χ4v) is 2.95. The highest BCUT2D eigenvalue weighted by Gasteiger charge is 2.38. The van der Waals surface area contributed by atoms with Crippen LogP contribution < -0.4 is 9.64 Å². The summed E-state index contributed by atoms with van der Waals surface area (Å²) in [6, 6.07) is 3.34. The number of ether oxygens (including phenoxy) is 1. The van der Waals surface area contributed by atoms with Crippen LogP contribution in [-0.2, 0) is 9.59 Å². The van der Waals surface area contributed by atoms with Crippen molar-refractivity contribution in [1.82, 2.24) is 4.90 Å². The van der Waals surface area contributed by atoms with Crippen LogP contribution in [0.4, 0.5) is 18.9 Å². The van der Waals surface area contributed by atoms with Crippen LogP contribution in [0, 0.1) is 0 Å². The number of alkyl halides is 3. The molecule has 0 aliphatic carbocycles. The van der Waals surface area contributed by atoms with E-state index >= 15 is 0 Å². The molecule has 10 heteroatoms. The minimum Gasteiger partial charge on any atom is -0.480 e. The molecule has 1 aromatic rings. The average Bonchev–Trinajstić information content (AvgIpc) is 2.54. The molecule has 0 saturated carbocycles. The third-order valence-electron chi connectivity index (χ3n) is 4.14. The summed E-state index contributed by atoms with van der Waals surface area (Å²) in [4.78, 5) is 26.7. The molecule has 1 amide bonds. The second kappa shape index (κ2) is 7.81. The second-order valence-corrected chi connectivity index (χ2v) is 5.81. The van der Waals surface area contributed by atoms with E-state index in [9.17, 15) is 27.9 Å². The first-order chi connectivity index (χ1) is 12.1. The van der Waals surface area contributed by atoms with Crippen LogP contribution in [-0.4, -0.2) is 65.1 Å². The molecule has 1 saturated heterocycles. The van der Waals surface area contributed by atoms with E-state index < -0.39 is 36.1 Å². The number of benzene rings is 1. The lowest BCUT2D eigenvalue weighted by Crippen LogP contribution is -2.60. The number of aliphatic hydroxyl groups is 1. The Morgan fingerprint density at radius 2 is 2.08 bits per heavy atom. The van der Waals surface area contributed by atoms with Gasteiger partial charge in [-0.1, -0.05) is 6.07 Å². The summed E-state index contributed by atoms with van der Waals surface area (Å²) in [5, 5.41) is 18.3. The van der Waals surface area contributed by atoms with Crippen LogP contribution in [0.25, 0.3) is 0 Å². The number of hydrogen-bond donors (Lipinski definition) is 2. The van der Waals surface area contributed by atoms with Gasteiger partial charge in [-0.2, -0.15) is 0 Å². The number of amides is 1. The van der Waals surface area contributed by atoms with Crippen molar-refractivity contribution in [3.8, 4) is 5.75 Å². The van der Waals surface area contributed by atoms with E-state index in [-0.39, 0.29) is 26.1 Å². The molecule has 26 heavy (non-hydrogen) atoms. The molecule has 1 aliphatic heterocycles. The molecule has 1 fully saturated rings. The molecular weight excluding hydrogens is 357 g/mol. The molecule has 0 aromatic heterocycles.